The highest BCUT2D eigenvalue weighted by Gasteiger charge is 2.07. The average molecular weight is 213 g/mol. The van der Waals surface area contributed by atoms with Crippen molar-refractivity contribution in [1.29, 1.82) is 5.41 Å². The molecule has 0 saturated carbocycles. The molecule has 0 aliphatic carbocycles. The molecule has 0 spiro atoms. The number of carbonyl (C=O) groups is 2. The van der Waals surface area contributed by atoms with Gasteiger partial charge in [0.2, 0.25) is 0 Å². The predicted molar refractivity (Wildman–Crippen MR) is 58.9 cm³/mol. The maximum Gasteiger partial charge on any atom is 0.264 e. The monoisotopic (exact) mass is 213 g/mol. The Morgan fingerprint density at radius 1 is 1.33 bits per heavy atom. The van der Waals surface area contributed by atoms with Crippen LogP contribution in [0.3, 0.4) is 0 Å². The molecule has 0 aliphatic heterocycles. The largest absolute Gasteiger partial charge is 0.351 e. The number of rotatable bonds is 7. The van der Waals surface area contributed by atoms with E-state index in [0.717, 1.165) is 12.8 Å². The summed E-state index contributed by atoms with van der Waals surface area (Å²) in [6.45, 7) is 3.45. The zero-order valence-electron chi connectivity index (χ0n) is 9.30. The molecule has 1 amide bonds. The van der Waals surface area contributed by atoms with Crippen LogP contribution in [-0.4, -0.2) is 30.0 Å². The first-order valence-corrected chi connectivity index (χ1v) is 5.04. The van der Waals surface area contributed by atoms with Crippen molar-refractivity contribution in [3.8, 4) is 0 Å². The number of unbranched alkanes of at least 4 members (excludes halogenated alkanes) is 1. The molecule has 4 N–H and O–H groups in total. The van der Waals surface area contributed by atoms with E-state index in [1.807, 2.05) is 0 Å². The quantitative estimate of drug-likeness (QED) is 0.417. The lowest BCUT2D eigenvalue weighted by Crippen LogP contribution is -2.30. The second-order valence-electron chi connectivity index (χ2n) is 3.59. The lowest BCUT2D eigenvalue weighted by atomic mass is 10.1. The van der Waals surface area contributed by atoms with E-state index in [1.165, 1.54) is 13.8 Å². The summed E-state index contributed by atoms with van der Waals surface area (Å²) in [6.07, 6.45) is 2.23. The van der Waals surface area contributed by atoms with Crippen LogP contribution in [0.25, 0.3) is 0 Å². The summed E-state index contributed by atoms with van der Waals surface area (Å²) in [4.78, 5) is 21.7. The molecule has 0 aromatic carbocycles. The van der Waals surface area contributed by atoms with Crippen LogP contribution in [0, 0.1) is 5.41 Å². The minimum Gasteiger partial charge on any atom is -0.351 e. The fourth-order valence-electron chi connectivity index (χ4n) is 1.03. The molecule has 1 atom stereocenters. The van der Waals surface area contributed by atoms with Gasteiger partial charge in [-0.1, -0.05) is 0 Å². The van der Waals surface area contributed by atoms with Crippen LogP contribution < -0.4 is 11.1 Å². The van der Waals surface area contributed by atoms with Crippen molar-refractivity contribution in [1.82, 2.24) is 5.32 Å². The fourth-order valence-corrected chi connectivity index (χ4v) is 1.03. The second kappa shape index (κ2) is 7.11. The van der Waals surface area contributed by atoms with Crippen molar-refractivity contribution < 1.29 is 9.59 Å². The van der Waals surface area contributed by atoms with E-state index >= 15 is 0 Å². The normalized spacial score (nSPS) is 11.9. The van der Waals surface area contributed by atoms with Crippen molar-refractivity contribution in [3.05, 3.63) is 0 Å². The first kappa shape index (κ1) is 13.8. The van der Waals surface area contributed by atoms with Gasteiger partial charge in [0.1, 0.15) is 5.78 Å². The number of nitrogens with two attached hydrogens (primary N) is 1. The molecule has 0 aliphatic rings. The van der Waals surface area contributed by atoms with Gasteiger partial charge in [-0.05, 0) is 33.1 Å². The number of nitrogens with one attached hydrogen (secondary N) is 2. The van der Waals surface area contributed by atoms with Crippen molar-refractivity contribution in [3.63, 3.8) is 0 Å². The Morgan fingerprint density at radius 2 is 1.93 bits per heavy atom. The van der Waals surface area contributed by atoms with E-state index < -0.39 is 0 Å². The van der Waals surface area contributed by atoms with Gasteiger partial charge in [0, 0.05) is 6.54 Å². The minimum atomic E-state index is -0.384. The van der Waals surface area contributed by atoms with Crippen molar-refractivity contribution in [2.45, 2.75) is 39.2 Å². The van der Waals surface area contributed by atoms with Crippen LogP contribution in [0.15, 0.2) is 0 Å². The summed E-state index contributed by atoms with van der Waals surface area (Å²) in [5.74, 6) is -0.347. The molecule has 0 aromatic heterocycles. The van der Waals surface area contributed by atoms with Gasteiger partial charge in [-0.15, -0.1) is 0 Å². The van der Waals surface area contributed by atoms with Crippen LogP contribution in [-0.2, 0) is 9.59 Å². The van der Waals surface area contributed by atoms with E-state index in [4.69, 9.17) is 11.1 Å². The maximum absolute atomic E-state index is 10.9. The molecule has 0 bridgehead atoms. The molecule has 0 rings (SSSR count). The molecule has 0 radical (unpaired) electrons. The van der Waals surface area contributed by atoms with Gasteiger partial charge in [-0.3, -0.25) is 15.0 Å². The highest BCUT2D eigenvalue weighted by molar-refractivity contribution is 6.36. The van der Waals surface area contributed by atoms with Gasteiger partial charge in [0.25, 0.3) is 5.91 Å². The average Bonchev–Trinajstić information content (AvgIpc) is 2.16. The van der Waals surface area contributed by atoms with Crippen LogP contribution in [0.4, 0.5) is 0 Å². The van der Waals surface area contributed by atoms with Crippen molar-refractivity contribution in [2.24, 2.45) is 5.73 Å². The summed E-state index contributed by atoms with van der Waals surface area (Å²) >= 11 is 0. The molecule has 0 fully saturated rings. The Kier molecular flexibility index (Phi) is 6.53. The van der Waals surface area contributed by atoms with Crippen LogP contribution in [0.2, 0.25) is 0 Å². The topological polar surface area (TPSA) is 96.0 Å². The number of hydrogen-bond acceptors (Lipinski definition) is 4. The molecule has 5 heteroatoms. The highest BCUT2D eigenvalue weighted by Crippen LogP contribution is 1.98. The van der Waals surface area contributed by atoms with E-state index in [9.17, 15) is 9.59 Å². The Hall–Kier alpha value is -1.23. The molecule has 15 heavy (non-hydrogen) atoms. The Morgan fingerprint density at radius 3 is 2.40 bits per heavy atom. The van der Waals surface area contributed by atoms with Gasteiger partial charge in [0.15, 0.2) is 0 Å². The molecular formula is C10H19N3O2. The molecule has 5 nitrogen and oxygen atoms in total. The summed E-state index contributed by atoms with van der Waals surface area (Å²) < 4.78 is 0. The zero-order chi connectivity index (χ0) is 11.8. The summed E-state index contributed by atoms with van der Waals surface area (Å²) in [5, 5.41) is 9.62. The van der Waals surface area contributed by atoms with Gasteiger partial charge >= 0.3 is 0 Å². The Labute approximate surface area is 89.9 Å². The van der Waals surface area contributed by atoms with Crippen LogP contribution in [0.5, 0.6) is 0 Å². The first-order chi connectivity index (χ1) is 6.95. The maximum atomic E-state index is 10.9. The van der Waals surface area contributed by atoms with E-state index in [2.05, 4.69) is 5.32 Å². The standard InChI is InChI=1S/C10H19N3O2/c1-7(11)10(15)13-6-4-3-5-9(12)8(2)14/h9,11H,3-6,12H2,1-2H3,(H,13,15). The van der Waals surface area contributed by atoms with Crippen molar-refractivity contribution in [2.75, 3.05) is 6.54 Å². The third-order valence-corrected chi connectivity index (χ3v) is 2.09. The van der Waals surface area contributed by atoms with E-state index in [-0.39, 0.29) is 23.4 Å². The van der Waals surface area contributed by atoms with Crippen LogP contribution >= 0.6 is 0 Å². The van der Waals surface area contributed by atoms with Crippen molar-refractivity contribution >= 4 is 17.4 Å². The number of hydrogen-bond donors (Lipinski definition) is 3. The molecule has 1 unspecified atom stereocenters. The molecule has 0 saturated heterocycles. The number of ketones is 1. The van der Waals surface area contributed by atoms with Gasteiger partial charge in [-0.25, -0.2) is 0 Å². The third kappa shape index (κ3) is 6.79. The Balaban J connectivity index is 3.44. The molecule has 86 valence electrons. The lowest BCUT2D eigenvalue weighted by Gasteiger charge is -2.07. The van der Waals surface area contributed by atoms with Crippen LogP contribution in [0.1, 0.15) is 33.1 Å². The highest BCUT2D eigenvalue weighted by atomic mass is 16.1. The van der Waals surface area contributed by atoms with Gasteiger partial charge in [0.05, 0.1) is 11.8 Å². The summed E-state index contributed by atoms with van der Waals surface area (Å²) in [7, 11) is 0. The summed E-state index contributed by atoms with van der Waals surface area (Å²) in [6, 6.07) is -0.384. The predicted octanol–water partition coefficient (Wildman–Crippen LogP) is 0.229. The number of carbonyl (C=O) groups excluding carboxylic acids is 2. The van der Waals surface area contributed by atoms with E-state index in [1.54, 1.807) is 0 Å². The first-order valence-electron chi connectivity index (χ1n) is 5.04. The molecular weight excluding hydrogens is 194 g/mol. The SMILES string of the molecule is CC(=N)C(=O)NCCCCC(N)C(C)=O. The number of amides is 1. The third-order valence-electron chi connectivity index (χ3n) is 2.09. The second-order valence-corrected chi connectivity index (χ2v) is 3.59. The van der Waals surface area contributed by atoms with Gasteiger partial charge < -0.3 is 11.1 Å². The zero-order valence-corrected chi connectivity index (χ0v) is 9.30. The summed E-state index contributed by atoms with van der Waals surface area (Å²) in [5.41, 5.74) is 5.55. The molecule has 0 aromatic rings. The minimum absolute atomic E-state index is 0.00521. The molecule has 0 heterocycles. The van der Waals surface area contributed by atoms with Gasteiger partial charge in [-0.2, -0.15) is 0 Å². The fraction of sp³-hybridized carbons (Fsp3) is 0.700. The lowest BCUT2D eigenvalue weighted by molar-refractivity contribution is -0.118. The van der Waals surface area contributed by atoms with E-state index in [0.29, 0.717) is 13.0 Å². The Bertz CT molecular complexity index is 251. The number of Topliss-reactive ketones (excluding diaryl/α,β-unsaturated/α-hetero) is 1. The smallest absolute Gasteiger partial charge is 0.264 e.